The smallest absolute Gasteiger partial charge is 0.409 e. The van der Waals surface area contributed by atoms with Gasteiger partial charge in [0.1, 0.15) is 10.8 Å². The van der Waals surface area contributed by atoms with Crippen LogP contribution in [0.1, 0.15) is 23.4 Å². The van der Waals surface area contributed by atoms with E-state index in [-0.39, 0.29) is 18.0 Å². The Hall–Kier alpha value is -2.22. The molecule has 0 aliphatic carbocycles. The zero-order chi connectivity index (χ0) is 16.9. The molecule has 3 rings (SSSR count). The lowest BCUT2D eigenvalue weighted by Crippen LogP contribution is -2.42. The number of hydrogen-bond donors (Lipinski definition) is 1. The Labute approximate surface area is 143 Å². The van der Waals surface area contributed by atoms with Crippen molar-refractivity contribution in [2.24, 2.45) is 0 Å². The number of rotatable bonds is 4. The van der Waals surface area contributed by atoms with Crippen molar-refractivity contribution in [2.75, 3.05) is 25.5 Å². The van der Waals surface area contributed by atoms with Gasteiger partial charge in [-0.25, -0.2) is 9.18 Å². The molecule has 1 aliphatic rings. The van der Waals surface area contributed by atoms with Crippen molar-refractivity contribution in [3.05, 3.63) is 40.7 Å². The summed E-state index contributed by atoms with van der Waals surface area (Å²) in [5.74, 6) is -0.239. The first-order valence-electron chi connectivity index (χ1n) is 7.80. The van der Waals surface area contributed by atoms with Crippen LogP contribution in [0.4, 0.5) is 14.3 Å². The first kappa shape index (κ1) is 16.6. The van der Waals surface area contributed by atoms with E-state index in [9.17, 15) is 9.18 Å². The quantitative estimate of drug-likeness (QED) is 0.918. The van der Waals surface area contributed by atoms with Crippen molar-refractivity contribution in [1.82, 2.24) is 15.1 Å². The number of halogens is 1. The van der Waals surface area contributed by atoms with Crippen LogP contribution in [0.2, 0.25) is 0 Å². The van der Waals surface area contributed by atoms with E-state index in [1.807, 2.05) is 0 Å². The van der Waals surface area contributed by atoms with E-state index in [1.165, 1.54) is 30.6 Å². The SMILES string of the molecule is COC(=O)N1CCC(Nc2nnc(Cc3ccc(F)cc3)s2)CC1. The standard InChI is InChI=1S/C16H19FN4O2S/c1-23-16(22)21-8-6-13(7-9-21)18-15-20-19-14(24-15)10-11-2-4-12(17)5-3-11/h2-5,13H,6-10H2,1H3,(H,18,20). The van der Waals surface area contributed by atoms with E-state index < -0.39 is 0 Å². The number of carbonyl (C=O) groups excluding carboxylic acids is 1. The molecule has 0 atom stereocenters. The number of nitrogens with zero attached hydrogens (tertiary/aromatic N) is 3. The maximum Gasteiger partial charge on any atom is 0.409 e. The van der Waals surface area contributed by atoms with E-state index in [2.05, 4.69) is 15.5 Å². The average molecular weight is 350 g/mol. The fourth-order valence-corrected chi connectivity index (χ4v) is 3.52. The molecule has 0 spiro atoms. The Morgan fingerprint density at radius 2 is 2.04 bits per heavy atom. The molecule has 6 nitrogen and oxygen atoms in total. The summed E-state index contributed by atoms with van der Waals surface area (Å²) in [5, 5.41) is 13.4. The summed E-state index contributed by atoms with van der Waals surface area (Å²) >= 11 is 1.50. The molecule has 2 aromatic rings. The van der Waals surface area contributed by atoms with Crippen molar-refractivity contribution in [2.45, 2.75) is 25.3 Å². The minimum atomic E-state index is -0.272. The number of piperidine rings is 1. The summed E-state index contributed by atoms with van der Waals surface area (Å²) in [6.45, 7) is 1.34. The topological polar surface area (TPSA) is 67.3 Å². The molecule has 1 saturated heterocycles. The van der Waals surface area contributed by atoms with Crippen LogP contribution in [0.3, 0.4) is 0 Å². The van der Waals surface area contributed by atoms with Crippen molar-refractivity contribution in [1.29, 1.82) is 0 Å². The molecular formula is C16H19FN4O2S. The molecule has 1 fully saturated rings. The molecule has 0 radical (unpaired) electrons. The highest BCUT2D eigenvalue weighted by atomic mass is 32.1. The van der Waals surface area contributed by atoms with E-state index in [4.69, 9.17) is 4.74 Å². The number of hydrogen-bond acceptors (Lipinski definition) is 6. The fraction of sp³-hybridized carbons (Fsp3) is 0.438. The van der Waals surface area contributed by atoms with Gasteiger partial charge in [-0.2, -0.15) is 0 Å². The molecule has 8 heteroatoms. The maximum atomic E-state index is 12.9. The summed E-state index contributed by atoms with van der Waals surface area (Å²) in [6, 6.07) is 6.69. The van der Waals surface area contributed by atoms with Gasteiger partial charge in [0.15, 0.2) is 0 Å². The second kappa shape index (κ2) is 7.57. The third-order valence-corrected chi connectivity index (χ3v) is 4.85. The van der Waals surface area contributed by atoms with Gasteiger partial charge in [-0.15, -0.1) is 10.2 Å². The van der Waals surface area contributed by atoms with E-state index in [1.54, 1.807) is 17.0 Å². The van der Waals surface area contributed by atoms with Gasteiger partial charge in [-0.05, 0) is 30.5 Å². The molecule has 0 bridgehead atoms. The van der Waals surface area contributed by atoms with Crippen LogP contribution in [0.15, 0.2) is 24.3 Å². The first-order chi connectivity index (χ1) is 11.6. The Bertz CT molecular complexity index is 684. The van der Waals surface area contributed by atoms with E-state index in [0.717, 1.165) is 28.5 Å². The lowest BCUT2D eigenvalue weighted by atomic mass is 10.1. The van der Waals surface area contributed by atoms with Gasteiger partial charge in [0, 0.05) is 25.6 Å². The van der Waals surface area contributed by atoms with Crippen molar-refractivity contribution >= 4 is 22.6 Å². The summed E-state index contributed by atoms with van der Waals surface area (Å²) in [5.41, 5.74) is 1.01. The molecule has 0 unspecified atom stereocenters. The second-order valence-electron chi connectivity index (χ2n) is 5.68. The van der Waals surface area contributed by atoms with Crippen LogP contribution in [-0.4, -0.2) is 47.4 Å². The Kier molecular flexibility index (Phi) is 5.24. The van der Waals surface area contributed by atoms with Gasteiger partial charge < -0.3 is 15.0 Å². The summed E-state index contributed by atoms with van der Waals surface area (Å²) in [6.07, 6.45) is 2.07. The number of methoxy groups -OCH3 is 1. The van der Waals surface area contributed by atoms with Crippen molar-refractivity contribution in [3.8, 4) is 0 Å². The zero-order valence-electron chi connectivity index (χ0n) is 13.4. The van der Waals surface area contributed by atoms with Gasteiger partial charge in [0.05, 0.1) is 7.11 Å². The lowest BCUT2D eigenvalue weighted by Gasteiger charge is -2.31. The van der Waals surface area contributed by atoms with Crippen LogP contribution in [-0.2, 0) is 11.2 Å². The van der Waals surface area contributed by atoms with Crippen LogP contribution < -0.4 is 5.32 Å². The summed E-state index contributed by atoms with van der Waals surface area (Å²) < 4.78 is 17.7. The highest BCUT2D eigenvalue weighted by Crippen LogP contribution is 2.22. The Morgan fingerprint density at radius 1 is 1.33 bits per heavy atom. The number of anilines is 1. The number of nitrogens with one attached hydrogen (secondary N) is 1. The number of amides is 1. The van der Waals surface area contributed by atoms with Crippen molar-refractivity contribution in [3.63, 3.8) is 0 Å². The van der Waals surface area contributed by atoms with Gasteiger partial charge >= 0.3 is 6.09 Å². The fourth-order valence-electron chi connectivity index (χ4n) is 2.67. The predicted molar refractivity (Wildman–Crippen MR) is 89.7 cm³/mol. The van der Waals surface area contributed by atoms with Crippen LogP contribution in [0.25, 0.3) is 0 Å². The molecule has 1 aromatic heterocycles. The highest BCUT2D eigenvalue weighted by molar-refractivity contribution is 7.15. The number of aromatic nitrogens is 2. The zero-order valence-corrected chi connectivity index (χ0v) is 14.2. The predicted octanol–water partition coefficient (Wildman–Crippen LogP) is 2.91. The molecular weight excluding hydrogens is 331 g/mol. The van der Waals surface area contributed by atoms with E-state index in [0.29, 0.717) is 19.5 Å². The number of carbonyl (C=O) groups is 1. The molecule has 1 aromatic carbocycles. The molecule has 1 N–H and O–H groups in total. The van der Waals surface area contributed by atoms with Gasteiger partial charge in [-0.3, -0.25) is 0 Å². The normalized spacial score (nSPS) is 15.3. The summed E-state index contributed by atoms with van der Waals surface area (Å²) in [4.78, 5) is 13.2. The molecule has 128 valence electrons. The molecule has 1 aliphatic heterocycles. The monoisotopic (exact) mass is 350 g/mol. The number of ether oxygens (including phenoxy) is 1. The van der Waals surface area contributed by atoms with Crippen molar-refractivity contribution < 1.29 is 13.9 Å². The minimum Gasteiger partial charge on any atom is -0.453 e. The number of benzene rings is 1. The van der Waals surface area contributed by atoms with Gasteiger partial charge in [0.25, 0.3) is 0 Å². The molecule has 0 saturated carbocycles. The highest BCUT2D eigenvalue weighted by Gasteiger charge is 2.23. The van der Waals surface area contributed by atoms with Gasteiger partial charge in [-0.1, -0.05) is 23.5 Å². The van der Waals surface area contributed by atoms with E-state index >= 15 is 0 Å². The Balaban J connectivity index is 1.51. The minimum absolute atomic E-state index is 0.239. The van der Waals surface area contributed by atoms with Crippen LogP contribution in [0, 0.1) is 5.82 Å². The maximum absolute atomic E-state index is 12.9. The second-order valence-corrected chi connectivity index (χ2v) is 6.74. The van der Waals surface area contributed by atoms with Gasteiger partial charge in [0.2, 0.25) is 5.13 Å². The van der Waals surface area contributed by atoms with Crippen LogP contribution in [0.5, 0.6) is 0 Å². The van der Waals surface area contributed by atoms with Crippen LogP contribution >= 0.6 is 11.3 Å². The third kappa shape index (κ3) is 4.19. The molecule has 1 amide bonds. The third-order valence-electron chi connectivity index (χ3n) is 3.99. The average Bonchev–Trinajstić information content (AvgIpc) is 3.04. The number of likely N-dealkylation sites (tertiary alicyclic amines) is 1. The first-order valence-corrected chi connectivity index (χ1v) is 8.62. The largest absolute Gasteiger partial charge is 0.453 e. The molecule has 24 heavy (non-hydrogen) atoms. The molecule has 2 heterocycles. The lowest BCUT2D eigenvalue weighted by molar-refractivity contribution is 0.113. The summed E-state index contributed by atoms with van der Waals surface area (Å²) in [7, 11) is 1.40. The Morgan fingerprint density at radius 3 is 2.71 bits per heavy atom.